The van der Waals surface area contributed by atoms with Crippen LogP contribution < -0.4 is 21.6 Å². The number of Topliss-reactive ketones (excluding diaryl/α,β-unsaturated/α-hetero) is 1. The van der Waals surface area contributed by atoms with E-state index < -0.39 is 7.92 Å². The van der Waals surface area contributed by atoms with Gasteiger partial charge < -0.3 is 15.9 Å². The van der Waals surface area contributed by atoms with E-state index in [0.717, 1.165) is 43.9 Å². The molecule has 0 atom stereocenters. The van der Waals surface area contributed by atoms with Crippen molar-refractivity contribution in [2.45, 2.75) is 41.2 Å². The second-order valence-electron chi connectivity index (χ2n) is 14.2. The molecule has 0 aliphatic heterocycles. The van der Waals surface area contributed by atoms with Crippen molar-refractivity contribution in [2.24, 2.45) is 0 Å². The van der Waals surface area contributed by atoms with E-state index in [2.05, 4.69) is 129 Å². The van der Waals surface area contributed by atoms with Crippen molar-refractivity contribution in [2.75, 3.05) is 5.73 Å². The standard InChI is InChI=1S/C18H15P.C17H14ClN.C10H12O.C7H9NO2.2ClH.Ru/c1-4-10-16(11-5-1)19(17-12-6-2-7-13-17)18-14-8-3-9-15-18;1-11-8-12(2)10-13(9-11)16-7-6-14-15(18)4-3-5-17(14)19-16;1-7-4-8(2)6-10(5-7)9(3)11;8-6-2-1-3-7(10)5(6)4-9;;;/h1-15H;3-10H,1-2H3;4-6H,1-3H3;1-3,9-10H,4,8H2;2*1H;/q;;;;;;+2/p-2. The summed E-state index contributed by atoms with van der Waals surface area (Å²) in [6.07, 6.45) is 0. The van der Waals surface area contributed by atoms with Gasteiger partial charge in [0.15, 0.2) is 5.78 Å². The number of fused-ring (bicyclic) bond motifs is 1. The number of hydrogen-bond acceptors (Lipinski definition) is 5. The van der Waals surface area contributed by atoms with E-state index in [1.807, 2.05) is 56.3 Å². The Labute approximate surface area is 388 Å². The molecule has 0 saturated heterocycles. The molecule has 320 valence electrons. The Kier molecular flexibility index (Phi) is 20.8. The van der Waals surface area contributed by atoms with E-state index in [0.29, 0.717) is 11.3 Å². The summed E-state index contributed by atoms with van der Waals surface area (Å²) in [6, 6.07) is 59.3. The van der Waals surface area contributed by atoms with Gasteiger partial charge in [0, 0.05) is 32.8 Å². The van der Waals surface area contributed by atoms with Crippen LogP contribution in [0.4, 0.5) is 5.69 Å². The van der Waals surface area contributed by atoms with Crippen LogP contribution in [0.1, 0.15) is 45.1 Å². The number of phenols is 1. The van der Waals surface area contributed by atoms with Gasteiger partial charge in [-0.25, -0.2) is 4.98 Å². The molecule has 0 unspecified atom stereocenters. The molecular weight excluding hydrogens is 939 g/mol. The fourth-order valence-corrected chi connectivity index (χ4v) is 9.06. The van der Waals surface area contributed by atoms with Gasteiger partial charge in [0.25, 0.3) is 0 Å². The second kappa shape index (κ2) is 25.9. The molecule has 1 aromatic heterocycles. The number of halogens is 3. The molecule has 0 radical (unpaired) electrons. The van der Waals surface area contributed by atoms with Gasteiger partial charge in [0.1, 0.15) is 5.75 Å². The third kappa shape index (κ3) is 15.5. The SMILES string of the molecule is CC(=O)c1cc(C)cc(C)c1.Cc1cc(C)cc(-c2ccc3c(Cl)cccc3n2)c1.Nc1cccc(O)c1CO.[Cl][Ru][Cl].c1ccc(P(c2ccccc2)c2ccccc2)cc1. The summed E-state index contributed by atoms with van der Waals surface area (Å²) in [6.45, 7) is 9.58. The Morgan fingerprint density at radius 2 is 1.08 bits per heavy atom. The van der Waals surface area contributed by atoms with Gasteiger partial charge in [-0.05, 0) is 119 Å². The normalized spacial score (nSPS) is 10.2. The third-order valence-electron chi connectivity index (χ3n) is 9.21. The van der Waals surface area contributed by atoms with Crippen molar-refractivity contribution in [3.05, 3.63) is 214 Å². The van der Waals surface area contributed by atoms with Crippen molar-refractivity contribution < 1.29 is 30.2 Å². The fraction of sp³-hybridized carbons (Fsp3) is 0.115. The van der Waals surface area contributed by atoms with Crippen LogP contribution in [0.5, 0.6) is 5.75 Å². The van der Waals surface area contributed by atoms with Crippen molar-refractivity contribution in [1.29, 1.82) is 0 Å². The van der Waals surface area contributed by atoms with Crippen LogP contribution in [-0.4, -0.2) is 21.0 Å². The molecule has 0 amide bonds. The van der Waals surface area contributed by atoms with E-state index in [1.165, 1.54) is 33.1 Å². The molecule has 1 heterocycles. The van der Waals surface area contributed by atoms with Crippen LogP contribution in [0.15, 0.2) is 176 Å². The van der Waals surface area contributed by atoms with E-state index >= 15 is 0 Å². The number of ketones is 1. The molecule has 10 heteroatoms. The van der Waals surface area contributed by atoms with Crippen molar-refractivity contribution >= 4 is 77.2 Å². The summed E-state index contributed by atoms with van der Waals surface area (Å²) in [4.78, 5) is 15.7. The zero-order chi connectivity index (χ0) is 45.0. The summed E-state index contributed by atoms with van der Waals surface area (Å²) in [7, 11) is 9.26. The minimum absolute atomic E-state index is 0.0440. The molecule has 0 aliphatic rings. The number of nitrogens with two attached hydrogens (primary N) is 1. The molecular formula is C52H50Cl3N2O3PRu. The predicted octanol–water partition coefficient (Wildman–Crippen LogP) is 13.0. The molecule has 0 fully saturated rings. The maximum absolute atomic E-state index is 10.9. The Morgan fingerprint density at radius 3 is 1.50 bits per heavy atom. The van der Waals surface area contributed by atoms with E-state index in [4.69, 9.17) is 51.9 Å². The van der Waals surface area contributed by atoms with Gasteiger partial charge in [-0.1, -0.05) is 149 Å². The van der Waals surface area contributed by atoms with Gasteiger partial charge in [-0.15, -0.1) is 0 Å². The summed E-state index contributed by atoms with van der Waals surface area (Å²) in [5.74, 6) is 0.180. The van der Waals surface area contributed by atoms with Gasteiger partial charge in [-0.3, -0.25) is 4.79 Å². The zero-order valence-electron chi connectivity index (χ0n) is 35.2. The largest absolute Gasteiger partial charge is 0.0622 e. The molecule has 0 saturated carbocycles. The monoisotopic (exact) mass is 988 g/mol. The third-order valence-corrected chi connectivity index (χ3v) is 12.0. The van der Waals surface area contributed by atoms with E-state index in [-0.39, 0.29) is 33.3 Å². The summed E-state index contributed by atoms with van der Waals surface area (Å²) in [5, 5.41) is 23.6. The molecule has 7 aromatic carbocycles. The number of hydrogen-bond donors (Lipinski definition) is 3. The van der Waals surface area contributed by atoms with Gasteiger partial charge in [0.2, 0.25) is 0 Å². The molecule has 62 heavy (non-hydrogen) atoms. The van der Waals surface area contributed by atoms with Gasteiger partial charge in [0.05, 0.1) is 17.8 Å². The molecule has 8 rings (SSSR count). The molecule has 0 spiro atoms. The number of rotatable bonds is 6. The van der Waals surface area contributed by atoms with Gasteiger partial charge >= 0.3 is 34.5 Å². The molecule has 5 nitrogen and oxygen atoms in total. The Balaban J connectivity index is 0.000000184. The maximum atomic E-state index is 10.9. The fourth-order valence-electron chi connectivity index (χ4n) is 6.52. The smallest absolute Gasteiger partial charge is 0.0134 e. The number of carbonyl (C=O) groups excluding carboxylic acids is 1. The van der Waals surface area contributed by atoms with Crippen molar-refractivity contribution in [3.63, 3.8) is 0 Å². The minimum atomic E-state index is -0.446. The minimum Gasteiger partial charge on any atom is -0.0622 e. The van der Waals surface area contributed by atoms with E-state index in [9.17, 15) is 4.79 Å². The van der Waals surface area contributed by atoms with Crippen LogP contribution in [0.2, 0.25) is 5.02 Å². The quantitative estimate of drug-likeness (QED) is 0.0667. The maximum Gasteiger partial charge on any atom is -0.0134 e. The number of benzene rings is 7. The first-order valence-electron chi connectivity index (χ1n) is 19.6. The first-order chi connectivity index (χ1) is 29.8. The number of aromatic nitrogens is 1. The zero-order valence-corrected chi connectivity index (χ0v) is 40.1. The molecule has 4 N–H and O–H groups in total. The summed E-state index contributed by atoms with van der Waals surface area (Å²) < 4.78 is 0. The van der Waals surface area contributed by atoms with Crippen LogP contribution in [0.25, 0.3) is 22.2 Å². The number of nitrogen functional groups attached to an aromatic ring is 1. The van der Waals surface area contributed by atoms with Crippen LogP contribution in [0, 0.1) is 27.7 Å². The number of pyridine rings is 1. The Bertz CT molecular complexity index is 2480. The van der Waals surface area contributed by atoms with E-state index in [1.54, 1.807) is 19.1 Å². The second-order valence-corrected chi connectivity index (χ2v) is 19.5. The number of aliphatic hydroxyl groups excluding tert-OH is 1. The number of anilines is 1. The average Bonchev–Trinajstić information content (AvgIpc) is 3.25. The van der Waals surface area contributed by atoms with Gasteiger partial charge in [-0.2, -0.15) is 0 Å². The number of carbonyl (C=O) groups is 1. The molecule has 0 bridgehead atoms. The van der Waals surface area contributed by atoms with Crippen LogP contribution >= 0.6 is 38.9 Å². The Morgan fingerprint density at radius 1 is 0.629 bits per heavy atom. The van der Waals surface area contributed by atoms with Crippen molar-refractivity contribution in [3.8, 4) is 17.0 Å². The van der Waals surface area contributed by atoms with Crippen LogP contribution in [0.3, 0.4) is 0 Å². The predicted molar refractivity (Wildman–Crippen MR) is 263 cm³/mol. The Hall–Kier alpha value is -4.90. The average molecular weight is 989 g/mol. The summed E-state index contributed by atoms with van der Waals surface area (Å²) >= 11 is 5.82. The number of nitrogens with zero attached hydrogens (tertiary/aromatic N) is 1. The molecule has 0 aliphatic carbocycles. The first-order valence-corrected chi connectivity index (χ1v) is 25.8. The molecule has 8 aromatic rings. The topological polar surface area (TPSA) is 96.4 Å². The van der Waals surface area contributed by atoms with Crippen LogP contribution in [-0.2, 0) is 21.8 Å². The number of aliphatic hydroxyl groups is 1. The number of aromatic hydroxyl groups is 1. The summed E-state index contributed by atoms with van der Waals surface area (Å²) in [5.41, 5.74) is 14.9. The number of aryl methyl sites for hydroxylation is 4. The van der Waals surface area contributed by atoms with Crippen molar-refractivity contribution in [1.82, 2.24) is 4.98 Å². The first kappa shape index (κ1) is 49.8.